The van der Waals surface area contributed by atoms with Crippen molar-refractivity contribution in [2.24, 2.45) is 0 Å². The SMILES string of the molecule is CCOC(C)=O.ClCCl.ClCCl.ClCCl.ClCCl.ClCCl.ClCCl.ClCCl.ClCCl.ClCCl.ClCCl.ClCCl.ClCCl.ClCCl.ClCCl.ClCCl.ClCCl.ClCCl.ClCCl.ClCCl. The molecule has 0 rings (SSSR count). The van der Waals surface area contributed by atoms with Crippen LogP contribution in [0.25, 0.3) is 0 Å². The zero-order valence-corrected chi connectivity index (χ0v) is 60.5. The minimum absolute atomic E-state index is 0.194. The average Bonchev–Trinajstić information content (AvgIpc) is 3.15. The van der Waals surface area contributed by atoms with Crippen LogP contribution in [0.4, 0.5) is 0 Å². The zero-order chi connectivity index (χ0) is 56.4. The van der Waals surface area contributed by atoms with E-state index in [-0.39, 0.29) is 107 Å². The Balaban J connectivity index is -0.0000000172. The highest BCUT2D eigenvalue weighted by Crippen LogP contribution is 1.78. The molecule has 2 nitrogen and oxygen atoms in total. The third kappa shape index (κ3) is 1980. The van der Waals surface area contributed by atoms with Crippen molar-refractivity contribution in [2.45, 2.75) is 13.8 Å². The van der Waals surface area contributed by atoms with Gasteiger partial charge in [0, 0.05) is 6.92 Å². The number of ether oxygens (including phenoxy) is 1. The highest BCUT2D eigenvalue weighted by Gasteiger charge is 1.81. The Labute approximate surface area is 569 Å². The van der Waals surface area contributed by atoms with Crippen LogP contribution in [0.1, 0.15) is 13.8 Å². The summed E-state index contributed by atoms with van der Waals surface area (Å²) >= 11 is 181. The molecule has 0 aliphatic rings. The van der Waals surface area contributed by atoms with Gasteiger partial charge in [0.2, 0.25) is 0 Å². The molecule has 0 heterocycles. The smallest absolute Gasteiger partial charge is 0.302 e. The fourth-order valence-electron chi connectivity index (χ4n) is 0.203. The Morgan fingerprint density at radius 2 is 0.270 bits per heavy atom. The number of halogens is 38. The molecule has 0 unspecified atom stereocenters. The summed E-state index contributed by atoms with van der Waals surface area (Å²) in [6.07, 6.45) is 0. The van der Waals surface area contributed by atoms with Gasteiger partial charge in [-0.2, -0.15) is 0 Å². The van der Waals surface area contributed by atoms with Gasteiger partial charge >= 0.3 is 5.97 Å². The monoisotopic (exact) mass is 1680 g/mol. The third-order valence-corrected chi connectivity index (χ3v) is 0.348. The van der Waals surface area contributed by atoms with E-state index in [2.05, 4.69) is 4.74 Å². The van der Waals surface area contributed by atoms with Gasteiger partial charge in [-0.05, 0) is 6.92 Å². The lowest BCUT2D eigenvalue weighted by molar-refractivity contribution is -0.140. The summed E-state index contributed by atoms with van der Waals surface area (Å²) in [7, 11) is 0. The fourth-order valence-corrected chi connectivity index (χ4v) is 0.203. The molecule has 0 fully saturated rings. The van der Waals surface area contributed by atoms with Crippen LogP contribution in [0.2, 0.25) is 0 Å². The van der Waals surface area contributed by atoms with Gasteiger partial charge in [0.05, 0.1) is 108 Å². The minimum Gasteiger partial charge on any atom is -0.466 e. The first kappa shape index (κ1) is 135. The summed E-state index contributed by atoms with van der Waals surface area (Å²) in [5, 5.41) is 3.69. The predicted octanol–water partition coefficient (Wildman–Crippen LogP) is 27.6. The molecular weight excluding hydrogens is 1660 g/mol. The maximum Gasteiger partial charge on any atom is 0.302 e. The number of carbonyl (C=O) groups is 1. The Morgan fingerprint density at radius 3 is 0.270 bits per heavy atom. The molecular formula is C23H46Cl38O2. The van der Waals surface area contributed by atoms with Crippen LogP contribution in [0, 0.1) is 0 Å². The Hall–Kier alpha value is 10.5. The quantitative estimate of drug-likeness (QED) is 0.193. The number of hydrogen-bond donors (Lipinski definition) is 0. The topological polar surface area (TPSA) is 26.3 Å². The number of rotatable bonds is 1. The normalized spacial score (nSPS) is 6.16. The second-order valence-corrected chi connectivity index (χ2v) is 18.2. The molecule has 0 aromatic heterocycles. The van der Waals surface area contributed by atoms with E-state index >= 15 is 0 Å². The Kier molecular flexibility index (Phi) is 667. The molecule has 0 saturated carbocycles. The molecule has 0 aliphatic carbocycles. The summed E-state index contributed by atoms with van der Waals surface area (Å²) in [5.41, 5.74) is 0. The van der Waals surface area contributed by atoms with Crippen LogP contribution in [-0.2, 0) is 9.53 Å². The van der Waals surface area contributed by atoms with Gasteiger partial charge in [0.15, 0.2) is 0 Å². The number of esters is 1. The molecule has 0 aromatic carbocycles. The van der Waals surface area contributed by atoms with Gasteiger partial charge < -0.3 is 4.74 Å². The van der Waals surface area contributed by atoms with Crippen LogP contribution in [0.15, 0.2) is 0 Å². The fraction of sp³-hybridized carbons (Fsp3) is 0.957. The van der Waals surface area contributed by atoms with Crippen molar-refractivity contribution in [1.29, 1.82) is 0 Å². The second kappa shape index (κ2) is 311. The van der Waals surface area contributed by atoms with E-state index in [1.807, 2.05) is 0 Å². The summed E-state index contributed by atoms with van der Waals surface area (Å²) in [6.45, 7) is 3.65. The summed E-state index contributed by atoms with van der Waals surface area (Å²) in [5.74, 6) is -0.211. The first-order chi connectivity index (χ1) is 29.6. The molecule has 0 spiro atoms. The molecule has 0 atom stereocenters. The third-order valence-electron chi connectivity index (χ3n) is 0.348. The van der Waals surface area contributed by atoms with E-state index in [0.29, 0.717) is 6.61 Å². The van der Waals surface area contributed by atoms with Crippen molar-refractivity contribution >= 4 is 447 Å². The second-order valence-electron chi connectivity index (χ2n) is 2.84. The Morgan fingerprint density at radius 1 is 0.222 bits per heavy atom. The maximum atomic E-state index is 9.82. The van der Waals surface area contributed by atoms with Crippen molar-refractivity contribution in [3.8, 4) is 0 Å². The zero-order valence-electron chi connectivity index (χ0n) is 31.8. The van der Waals surface area contributed by atoms with E-state index in [0.717, 1.165) is 0 Å². The summed E-state index contributed by atoms with van der Waals surface area (Å²) in [6, 6.07) is 0. The largest absolute Gasteiger partial charge is 0.466 e. The van der Waals surface area contributed by atoms with Gasteiger partial charge in [0.25, 0.3) is 0 Å². The van der Waals surface area contributed by atoms with Crippen molar-refractivity contribution in [3.63, 3.8) is 0 Å². The molecule has 0 radical (unpaired) electrons. The van der Waals surface area contributed by atoms with Gasteiger partial charge in [-0.3, -0.25) is 4.79 Å². The number of carbonyl (C=O) groups excluding carboxylic acids is 1. The summed E-state index contributed by atoms with van der Waals surface area (Å²) < 4.78 is 4.40. The van der Waals surface area contributed by atoms with Crippen LogP contribution < -0.4 is 0 Å². The predicted molar refractivity (Wildman–Crippen MR) is 337 cm³/mol. The van der Waals surface area contributed by atoms with E-state index < -0.39 is 0 Å². The summed E-state index contributed by atoms with van der Waals surface area (Å²) in [4.78, 5) is 9.82. The lowest BCUT2D eigenvalue weighted by Crippen LogP contribution is -1.95. The first-order valence-electron chi connectivity index (χ1n) is 12.1. The molecule has 0 amide bonds. The van der Waals surface area contributed by atoms with Crippen molar-refractivity contribution in [1.82, 2.24) is 0 Å². The molecule has 416 valence electrons. The van der Waals surface area contributed by atoms with Crippen LogP contribution in [-0.4, -0.2) is 114 Å². The van der Waals surface area contributed by atoms with E-state index in [1.165, 1.54) is 6.92 Å². The number of hydrogen-bond acceptors (Lipinski definition) is 2. The number of alkyl halides is 38. The molecule has 0 aliphatic heterocycles. The average molecular weight is 1700 g/mol. The van der Waals surface area contributed by atoms with Crippen molar-refractivity contribution in [3.05, 3.63) is 0 Å². The minimum atomic E-state index is -0.211. The van der Waals surface area contributed by atoms with Crippen LogP contribution >= 0.6 is 441 Å². The van der Waals surface area contributed by atoms with Crippen LogP contribution in [0.5, 0.6) is 0 Å². The maximum absolute atomic E-state index is 9.82. The molecule has 0 N–H and O–H groups in total. The van der Waals surface area contributed by atoms with Gasteiger partial charge in [-0.15, -0.1) is 441 Å². The Bertz CT molecular complexity index is 243. The van der Waals surface area contributed by atoms with E-state index in [4.69, 9.17) is 441 Å². The lowest BCUT2D eigenvalue weighted by atomic mass is 10.8. The molecule has 0 bridgehead atoms. The standard InChI is InChI=1S/C4H8O2.19CH2Cl2/c1-3-6-4(2)5;19*2-1-3/h3H2,1-2H3;19*1H2. The molecule has 40 heteroatoms. The highest BCUT2D eigenvalue weighted by molar-refractivity contribution is 6.45. The van der Waals surface area contributed by atoms with E-state index in [1.54, 1.807) is 6.92 Å². The van der Waals surface area contributed by atoms with Gasteiger partial charge in [-0.25, -0.2) is 0 Å². The van der Waals surface area contributed by atoms with Crippen molar-refractivity contribution in [2.75, 3.05) is 108 Å². The van der Waals surface area contributed by atoms with Gasteiger partial charge in [0.1, 0.15) is 0 Å². The van der Waals surface area contributed by atoms with Crippen LogP contribution in [0.3, 0.4) is 0 Å². The van der Waals surface area contributed by atoms with E-state index in [9.17, 15) is 4.79 Å². The highest BCUT2D eigenvalue weighted by atomic mass is 35.6. The molecule has 63 heavy (non-hydrogen) atoms. The molecule has 0 saturated heterocycles. The lowest BCUT2D eigenvalue weighted by Gasteiger charge is -1.89. The van der Waals surface area contributed by atoms with Gasteiger partial charge in [-0.1, -0.05) is 0 Å². The van der Waals surface area contributed by atoms with Crippen molar-refractivity contribution < 1.29 is 9.53 Å². The molecule has 0 aromatic rings. The first-order valence-corrected chi connectivity index (χ1v) is 32.4.